The molecule has 0 bridgehead atoms. The summed E-state index contributed by atoms with van der Waals surface area (Å²) in [4.78, 5) is 14.9. The molecule has 0 aliphatic heterocycles. The van der Waals surface area contributed by atoms with Crippen LogP contribution in [0.5, 0.6) is 5.75 Å². The highest BCUT2D eigenvalue weighted by Gasteiger charge is 2.22. The molecule has 0 aliphatic rings. The molecule has 1 aromatic carbocycles. The summed E-state index contributed by atoms with van der Waals surface area (Å²) < 4.78 is 12.7. The van der Waals surface area contributed by atoms with Gasteiger partial charge in [0.15, 0.2) is 0 Å². The first kappa shape index (κ1) is 20.0. The number of hydrogen-bond donors (Lipinski definition) is 0. The van der Waals surface area contributed by atoms with Crippen molar-refractivity contribution in [1.29, 1.82) is 0 Å². The number of halogens is 1. The fourth-order valence-corrected chi connectivity index (χ4v) is 3.48. The summed E-state index contributed by atoms with van der Waals surface area (Å²) in [6.07, 6.45) is 0.289. The lowest BCUT2D eigenvalue weighted by molar-refractivity contribution is 0.0279. The summed E-state index contributed by atoms with van der Waals surface area (Å²) in [5.74, 6) is 0.838. The third kappa shape index (κ3) is 6.86. The summed E-state index contributed by atoms with van der Waals surface area (Å²) in [5.41, 5.74) is -0.490. The molecule has 0 radical (unpaired) electrons. The van der Waals surface area contributed by atoms with Crippen molar-refractivity contribution in [3.63, 3.8) is 0 Å². The third-order valence-corrected chi connectivity index (χ3v) is 5.00. The Morgan fingerprint density at radius 2 is 2.04 bits per heavy atom. The molecule has 4 nitrogen and oxygen atoms in total. The van der Waals surface area contributed by atoms with E-state index in [1.807, 2.05) is 56.5 Å². The average Bonchev–Trinajstić information content (AvgIpc) is 3.03. The van der Waals surface area contributed by atoms with Crippen LogP contribution in [0.25, 0.3) is 0 Å². The van der Waals surface area contributed by atoms with Crippen LogP contribution in [0.1, 0.15) is 38.2 Å². The van der Waals surface area contributed by atoms with Gasteiger partial charge in [0.2, 0.25) is 0 Å². The predicted octanol–water partition coefficient (Wildman–Crippen LogP) is 5.73. The second-order valence-electron chi connectivity index (χ2n) is 6.77. The standard InChI is InChI=1S/C19H24INO3S/c1-19(2,3)24-18(22)21(4)11-10-16(17-9-6-12-25-17)23-15-8-5-7-14(20)13-15/h5-9,12-13,16H,10-11H2,1-4H3. The van der Waals surface area contributed by atoms with E-state index in [0.717, 1.165) is 14.2 Å². The van der Waals surface area contributed by atoms with Crippen LogP contribution in [0.4, 0.5) is 4.79 Å². The van der Waals surface area contributed by atoms with Crippen molar-refractivity contribution < 1.29 is 14.3 Å². The molecule has 6 heteroatoms. The molecule has 0 saturated carbocycles. The zero-order valence-electron chi connectivity index (χ0n) is 15.0. The first-order valence-electron chi connectivity index (χ1n) is 8.14. The molecule has 0 saturated heterocycles. The van der Waals surface area contributed by atoms with E-state index in [4.69, 9.17) is 9.47 Å². The molecule has 1 atom stereocenters. The zero-order chi connectivity index (χ0) is 18.4. The average molecular weight is 473 g/mol. The molecule has 1 aromatic heterocycles. The minimum absolute atomic E-state index is 0.0944. The molecular weight excluding hydrogens is 449 g/mol. The molecule has 1 unspecified atom stereocenters. The smallest absolute Gasteiger partial charge is 0.410 e. The molecule has 0 fully saturated rings. The van der Waals surface area contributed by atoms with E-state index in [-0.39, 0.29) is 12.2 Å². The van der Waals surface area contributed by atoms with E-state index in [1.54, 1.807) is 23.3 Å². The Morgan fingerprint density at radius 1 is 1.28 bits per heavy atom. The molecule has 25 heavy (non-hydrogen) atoms. The molecule has 1 heterocycles. The monoisotopic (exact) mass is 473 g/mol. The van der Waals surface area contributed by atoms with Gasteiger partial charge in [-0.05, 0) is 73.0 Å². The highest BCUT2D eigenvalue weighted by atomic mass is 127. The van der Waals surface area contributed by atoms with Gasteiger partial charge in [-0.15, -0.1) is 11.3 Å². The lowest BCUT2D eigenvalue weighted by Crippen LogP contribution is -2.35. The van der Waals surface area contributed by atoms with Crippen LogP contribution in [-0.2, 0) is 4.74 Å². The van der Waals surface area contributed by atoms with Crippen molar-refractivity contribution in [3.8, 4) is 5.75 Å². The topological polar surface area (TPSA) is 38.8 Å². The number of carbonyl (C=O) groups excluding carboxylic acids is 1. The minimum Gasteiger partial charge on any atom is -0.485 e. The highest BCUT2D eigenvalue weighted by Crippen LogP contribution is 2.29. The highest BCUT2D eigenvalue weighted by molar-refractivity contribution is 14.1. The van der Waals surface area contributed by atoms with E-state index in [0.29, 0.717) is 13.0 Å². The summed E-state index contributed by atoms with van der Waals surface area (Å²) in [5, 5.41) is 2.04. The number of rotatable bonds is 6. The van der Waals surface area contributed by atoms with Crippen LogP contribution < -0.4 is 4.74 Å². The van der Waals surface area contributed by atoms with Gasteiger partial charge in [-0.1, -0.05) is 12.1 Å². The number of ether oxygens (including phenoxy) is 2. The number of thiophene rings is 1. The Kier molecular flexibility index (Phi) is 7.13. The van der Waals surface area contributed by atoms with Gasteiger partial charge in [0.05, 0.1) is 0 Å². The van der Waals surface area contributed by atoms with Gasteiger partial charge >= 0.3 is 6.09 Å². The zero-order valence-corrected chi connectivity index (χ0v) is 18.0. The van der Waals surface area contributed by atoms with Gasteiger partial charge in [0.25, 0.3) is 0 Å². The van der Waals surface area contributed by atoms with Crippen molar-refractivity contribution in [2.45, 2.75) is 38.9 Å². The Morgan fingerprint density at radius 3 is 2.64 bits per heavy atom. The Balaban J connectivity index is 2.01. The molecule has 0 spiro atoms. The Labute approximate surface area is 167 Å². The van der Waals surface area contributed by atoms with Crippen molar-refractivity contribution in [2.75, 3.05) is 13.6 Å². The quantitative estimate of drug-likeness (QED) is 0.503. The van der Waals surface area contributed by atoms with Gasteiger partial charge in [0.1, 0.15) is 17.5 Å². The van der Waals surface area contributed by atoms with Gasteiger partial charge < -0.3 is 14.4 Å². The molecule has 2 aromatic rings. The summed E-state index contributed by atoms with van der Waals surface area (Å²) >= 11 is 3.93. The Hall–Kier alpha value is -1.28. The lowest BCUT2D eigenvalue weighted by Gasteiger charge is -2.26. The molecule has 0 aliphatic carbocycles. The number of nitrogens with zero attached hydrogens (tertiary/aromatic N) is 1. The van der Waals surface area contributed by atoms with Gasteiger partial charge in [0, 0.05) is 28.5 Å². The molecule has 2 rings (SSSR count). The van der Waals surface area contributed by atoms with Gasteiger partial charge in [-0.2, -0.15) is 0 Å². The SMILES string of the molecule is CN(CCC(Oc1cccc(I)c1)c1cccs1)C(=O)OC(C)(C)C. The first-order valence-corrected chi connectivity index (χ1v) is 10.1. The normalized spacial score (nSPS) is 12.5. The molecule has 0 N–H and O–H groups in total. The maximum absolute atomic E-state index is 12.1. The van der Waals surface area contributed by atoms with E-state index >= 15 is 0 Å². The van der Waals surface area contributed by atoms with Crippen LogP contribution in [0.3, 0.4) is 0 Å². The van der Waals surface area contributed by atoms with Crippen molar-refractivity contribution in [1.82, 2.24) is 4.90 Å². The Bertz CT molecular complexity index is 682. The van der Waals surface area contributed by atoms with E-state index in [9.17, 15) is 4.79 Å². The number of carbonyl (C=O) groups is 1. The maximum Gasteiger partial charge on any atom is 0.410 e. The molecular formula is C19H24INO3S. The van der Waals surface area contributed by atoms with Crippen LogP contribution in [0, 0.1) is 3.57 Å². The first-order chi connectivity index (χ1) is 11.7. The van der Waals surface area contributed by atoms with Crippen molar-refractivity contribution in [3.05, 3.63) is 50.2 Å². The van der Waals surface area contributed by atoms with E-state index in [1.165, 1.54) is 0 Å². The summed E-state index contributed by atoms with van der Waals surface area (Å²) in [6.45, 7) is 6.16. The lowest BCUT2D eigenvalue weighted by atomic mass is 10.2. The van der Waals surface area contributed by atoms with Crippen LogP contribution >= 0.6 is 33.9 Å². The van der Waals surface area contributed by atoms with Crippen LogP contribution in [-0.4, -0.2) is 30.2 Å². The second-order valence-corrected chi connectivity index (χ2v) is 8.99. The number of benzene rings is 1. The van der Waals surface area contributed by atoms with Crippen LogP contribution in [0.15, 0.2) is 41.8 Å². The number of hydrogen-bond acceptors (Lipinski definition) is 4. The summed E-state index contributed by atoms with van der Waals surface area (Å²) in [6, 6.07) is 12.1. The molecule has 136 valence electrons. The fourth-order valence-electron chi connectivity index (χ4n) is 2.18. The predicted molar refractivity (Wildman–Crippen MR) is 110 cm³/mol. The maximum atomic E-state index is 12.1. The fraction of sp³-hybridized carbons (Fsp3) is 0.421. The third-order valence-electron chi connectivity index (χ3n) is 3.37. The van der Waals surface area contributed by atoms with Crippen molar-refractivity contribution >= 4 is 40.0 Å². The second kappa shape index (κ2) is 8.89. The van der Waals surface area contributed by atoms with E-state index in [2.05, 4.69) is 28.7 Å². The van der Waals surface area contributed by atoms with Gasteiger partial charge in [-0.25, -0.2) is 4.79 Å². The van der Waals surface area contributed by atoms with Crippen molar-refractivity contribution in [2.24, 2.45) is 0 Å². The minimum atomic E-state index is -0.490. The molecule has 1 amide bonds. The summed E-state index contributed by atoms with van der Waals surface area (Å²) in [7, 11) is 1.75. The van der Waals surface area contributed by atoms with Gasteiger partial charge in [-0.3, -0.25) is 0 Å². The number of amides is 1. The largest absolute Gasteiger partial charge is 0.485 e. The van der Waals surface area contributed by atoms with Crippen LogP contribution in [0.2, 0.25) is 0 Å². The van der Waals surface area contributed by atoms with E-state index < -0.39 is 5.60 Å².